The van der Waals surface area contributed by atoms with E-state index in [-0.39, 0.29) is 24.0 Å². The van der Waals surface area contributed by atoms with Crippen LogP contribution in [0, 0.1) is 0 Å². The van der Waals surface area contributed by atoms with Crippen LogP contribution in [0.2, 0.25) is 0 Å². The SMILES string of the molecule is CCN(CC)Cc1cccc(CNC(=NC)Nc2ccc3c(c2)OCCCO3)c1.I. The molecule has 0 spiro atoms. The maximum Gasteiger partial charge on any atom is 0.195 e. The summed E-state index contributed by atoms with van der Waals surface area (Å²) in [6.07, 6.45) is 0.897. The van der Waals surface area contributed by atoms with Gasteiger partial charge < -0.3 is 20.1 Å². The molecule has 0 saturated carbocycles. The molecule has 1 aliphatic rings. The molecule has 2 N–H and O–H groups in total. The van der Waals surface area contributed by atoms with Crippen molar-refractivity contribution in [1.29, 1.82) is 0 Å². The number of nitrogens with one attached hydrogen (secondary N) is 2. The van der Waals surface area contributed by atoms with E-state index < -0.39 is 0 Å². The summed E-state index contributed by atoms with van der Waals surface area (Å²) in [5, 5.41) is 6.72. The Morgan fingerprint density at radius 3 is 2.47 bits per heavy atom. The maximum absolute atomic E-state index is 5.77. The maximum atomic E-state index is 5.77. The van der Waals surface area contributed by atoms with E-state index in [2.05, 4.69) is 58.6 Å². The fourth-order valence-electron chi connectivity index (χ4n) is 3.29. The van der Waals surface area contributed by atoms with Crippen LogP contribution in [0.25, 0.3) is 0 Å². The van der Waals surface area contributed by atoms with Crippen molar-refractivity contribution in [3.63, 3.8) is 0 Å². The quantitative estimate of drug-likeness (QED) is 0.318. The lowest BCUT2D eigenvalue weighted by molar-refractivity contribution is 0.296. The van der Waals surface area contributed by atoms with Crippen LogP contribution in [0.4, 0.5) is 5.69 Å². The second-order valence-corrected chi connectivity index (χ2v) is 7.04. The molecule has 30 heavy (non-hydrogen) atoms. The van der Waals surface area contributed by atoms with Gasteiger partial charge in [0.15, 0.2) is 17.5 Å². The molecule has 0 bridgehead atoms. The van der Waals surface area contributed by atoms with Crippen LogP contribution in [-0.4, -0.2) is 44.2 Å². The first-order valence-electron chi connectivity index (χ1n) is 10.4. The fraction of sp³-hybridized carbons (Fsp3) is 0.435. The number of hydrogen-bond donors (Lipinski definition) is 2. The Kier molecular flexibility index (Phi) is 10.2. The van der Waals surface area contributed by atoms with Crippen molar-refractivity contribution in [3.05, 3.63) is 53.6 Å². The van der Waals surface area contributed by atoms with Gasteiger partial charge in [0.1, 0.15) is 0 Å². The molecule has 2 aromatic rings. The standard InChI is InChI=1S/C23H32N4O2.HI/c1-4-27(5-2)17-19-9-6-8-18(14-19)16-25-23(24-3)26-20-10-11-21-22(15-20)29-13-7-12-28-21;/h6,8-11,14-15H,4-5,7,12-13,16-17H2,1-3H3,(H2,24,25,26);1H. The molecular weight excluding hydrogens is 491 g/mol. The second-order valence-electron chi connectivity index (χ2n) is 7.04. The van der Waals surface area contributed by atoms with E-state index in [0.29, 0.717) is 25.7 Å². The van der Waals surface area contributed by atoms with Gasteiger partial charge in [-0.2, -0.15) is 0 Å². The zero-order chi connectivity index (χ0) is 20.5. The molecule has 1 aliphatic heterocycles. The van der Waals surface area contributed by atoms with E-state index in [1.807, 2.05) is 18.2 Å². The minimum Gasteiger partial charge on any atom is -0.490 e. The van der Waals surface area contributed by atoms with E-state index in [1.165, 1.54) is 11.1 Å². The molecule has 3 rings (SSSR count). The molecule has 6 nitrogen and oxygen atoms in total. The number of hydrogen-bond acceptors (Lipinski definition) is 4. The van der Waals surface area contributed by atoms with Crippen LogP contribution in [0.5, 0.6) is 11.5 Å². The number of rotatable bonds is 7. The van der Waals surface area contributed by atoms with E-state index in [9.17, 15) is 0 Å². The molecular formula is C23H33IN4O2. The third-order valence-electron chi connectivity index (χ3n) is 4.99. The highest BCUT2D eigenvalue weighted by molar-refractivity contribution is 14.0. The number of fused-ring (bicyclic) bond motifs is 1. The number of benzene rings is 2. The first kappa shape index (κ1) is 24.3. The van der Waals surface area contributed by atoms with Crippen molar-refractivity contribution in [2.75, 3.05) is 38.7 Å². The molecule has 0 saturated heterocycles. The van der Waals surface area contributed by atoms with Gasteiger partial charge in [0.25, 0.3) is 0 Å². The smallest absolute Gasteiger partial charge is 0.195 e. The van der Waals surface area contributed by atoms with Crippen LogP contribution < -0.4 is 20.1 Å². The number of nitrogens with zero attached hydrogens (tertiary/aromatic N) is 2. The number of anilines is 1. The Morgan fingerprint density at radius 1 is 1.00 bits per heavy atom. The van der Waals surface area contributed by atoms with Crippen molar-refractivity contribution in [1.82, 2.24) is 10.2 Å². The number of guanidine groups is 1. The zero-order valence-corrected chi connectivity index (χ0v) is 20.4. The zero-order valence-electron chi connectivity index (χ0n) is 18.1. The van der Waals surface area contributed by atoms with Gasteiger partial charge in [-0.25, -0.2) is 0 Å². The van der Waals surface area contributed by atoms with Gasteiger partial charge >= 0.3 is 0 Å². The largest absolute Gasteiger partial charge is 0.490 e. The molecule has 7 heteroatoms. The van der Waals surface area contributed by atoms with Crippen molar-refractivity contribution >= 4 is 35.6 Å². The number of ether oxygens (including phenoxy) is 2. The summed E-state index contributed by atoms with van der Waals surface area (Å²) in [5.74, 6) is 2.28. The Morgan fingerprint density at radius 2 is 1.73 bits per heavy atom. The Labute approximate surface area is 197 Å². The van der Waals surface area contributed by atoms with Gasteiger partial charge in [0, 0.05) is 38.3 Å². The first-order chi connectivity index (χ1) is 14.2. The topological polar surface area (TPSA) is 58.1 Å². The minimum atomic E-state index is 0. The van der Waals surface area contributed by atoms with Crippen LogP contribution in [0.1, 0.15) is 31.4 Å². The van der Waals surface area contributed by atoms with E-state index in [0.717, 1.165) is 43.2 Å². The normalized spacial score (nSPS) is 13.4. The molecule has 0 radical (unpaired) electrons. The Balaban J connectivity index is 0.00000320. The summed E-state index contributed by atoms with van der Waals surface area (Å²) in [7, 11) is 1.77. The predicted molar refractivity (Wildman–Crippen MR) is 134 cm³/mol. The van der Waals surface area contributed by atoms with Crippen molar-refractivity contribution in [2.45, 2.75) is 33.4 Å². The molecule has 0 amide bonds. The summed E-state index contributed by atoms with van der Waals surface area (Å²) in [6, 6.07) is 14.6. The summed E-state index contributed by atoms with van der Waals surface area (Å²) < 4.78 is 11.5. The van der Waals surface area contributed by atoms with Crippen molar-refractivity contribution in [3.8, 4) is 11.5 Å². The molecule has 0 unspecified atom stereocenters. The van der Waals surface area contributed by atoms with Gasteiger partial charge in [0.2, 0.25) is 0 Å². The molecule has 0 aromatic heterocycles. The van der Waals surface area contributed by atoms with E-state index in [4.69, 9.17) is 9.47 Å². The highest BCUT2D eigenvalue weighted by Crippen LogP contribution is 2.32. The summed E-state index contributed by atoms with van der Waals surface area (Å²) in [6.45, 7) is 9.56. The first-order valence-corrected chi connectivity index (χ1v) is 10.4. The second kappa shape index (κ2) is 12.6. The highest BCUT2D eigenvalue weighted by atomic mass is 127. The average Bonchev–Trinajstić information content (AvgIpc) is 3.00. The molecule has 0 fully saturated rings. The lowest BCUT2D eigenvalue weighted by atomic mass is 10.1. The van der Waals surface area contributed by atoms with Crippen LogP contribution >= 0.6 is 24.0 Å². The van der Waals surface area contributed by atoms with Crippen LogP contribution in [0.15, 0.2) is 47.5 Å². The molecule has 2 aromatic carbocycles. The van der Waals surface area contributed by atoms with Gasteiger partial charge in [-0.3, -0.25) is 9.89 Å². The number of halogens is 1. The van der Waals surface area contributed by atoms with Gasteiger partial charge in [-0.05, 0) is 36.3 Å². The Hall–Kier alpha value is -2.00. The average molecular weight is 524 g/mol. The van der Waals surface area contributed by atoms with Crippen molar-refractivity contribution < 1.29 is 9.47 Å². The van der Waals surface area contributed by atoms with Gasteiger partial charge in [-0.1, -0.05) is 38.1 Å². The highest BCUT2D eigenvalue weighted by Gasteiger charge is 2.11. The minimum absolute atomic E-state index is 0. The molecule has 0 aliphatic carbocycles. The van der Waals surface area contributed by atoms with Crippen LogP contribution in [-0.2, 0) is 13.1 Å². The third-order valence-corrected chi connectivity index (χ3v) is 4.99. The fourth-order valence-corrected chi connectivity index (χ4v) is 3.29. The predicted octanol–water partition coefficient (Wildman–Crippen LogP) is 4.50. The lowest BCUT2D eigenvalue weighted by Gasteiger charge is -2.18. The summed E-state index contributed by atoms with van der Waals surface area (Å²) in [5.41, 5.74) is 3.48. The summed E-state index contributed by atoms with van der Waals surface area (Å²) in [4.78, 5) is 6.75. The van der Waals surface area contributed by atoms with E-state index in [1.54, 1.807) is 7.05 Å². The van der Waals surface area contributed by atoms with Crippen LogP contribution in [0.3, 0.4) is 0 Å². The van der Waals surface area contributed by atoms with E-state index >= 15 is 0 Å². The number of aliphatic imine (C=N–C) groups is 1. The van der Waals surface area contributed by atoms with Gasteiger partial charge in [-0.15, -0.1) is 24.0 Å². The van der Waals surface area contributed by atoms with Crippen molar-refractivity contribution in [2.24, 2.45) is 4.99 Å². The van der Waals surface area contributed by atoms with Gasteiger partial charge in [0.05, 0.1) is 13.2 Å². The molecule has 0 atom stereocenters. The third kappa shape index (κ3) is 7.05. The monoisotopic (exact) mass is 524 g/mol. The molecule has 164 valence electrons. The summed E-state index contributed by atoms with van der Waals surface area (Å²) >= 11 is 0. The lowest BCUT2D eigenvalue weighted by Crippen LogP contribution is -2.30. The Bertz CT molecular complexity index is 825. The molecule has 1 heterocycles.